The van der Waals surface area contributed by atoms with Crippen molar-refractivity contribution in [1.82, 2.24) is 5.32 Å². The molecule has 0 spiro atoms. The van der Waals surface area contributed by atoms with Gasteiger partial charge in [-0.1, -0.05) is 51.4 Å². The summed E-state index contributed by atoms with van der Waals surface area (Å²) in [5.74, 6) is -0.126. The summed E-state index contributed by atoms with van der Waals surface area (Å²) in [5, 5.41) is 3.67. The lowest BCUT2D eigenvalue weighted by Crippen LogP contribution is -2.49. The SMILES string of the molecule is CCC(NC(=O)[C@@H](N)C(C)(C)C)c1cccc(Cl)c1. The van der Waals surface area contributed by atoms with Gasteiger partial charge in [0.15, 0.2) is 0 Å². The molecule has 0 fully saturated rings. The van der Waals surface area contributed by atoms with Crippen LogP contribution in [-0.4, -0.2) is 11.9 Å². The van der Waals surface area contributed by atoms with Gasteiger partial charge < -0.3 is 11.1 Å². The summed E-state index contributed by atoms with van der Waals surface area (Å²) in [7, 11) is 0. The summed E-state index contributed by atoms with van der Waals surface area (Å²) in [4.78, 5) is 12.1. The van der Waals surface area contributed by atoms with Crippen molar-refractivity contribution in [3.8, 4) is 0 Å². The fraction of sp³-hybridized carbons (Fsp3) is 0.533. The zero-order chi connectivity index (χ0) is 14.6. The number of carbonyl (C=O) groups is 1. The highest BCUT2D eigenvalue weighted by Crippen LogP contribution is 2.22. The first-order chi connectivity index (χ1) is 8.75. The second kappa shape index (κ2) is 6.40. The first kappa shape index (κ1) is 16.0. The van der Waals surface area contributed by atoms with E-state index in [0.717, 1.165) is 12.0 Å². The molecule has 0 bridgehead atoms. The Balaban J connectivity index is 2.81. The Hall–Kier alpha value is -1.06. The molecule has 1 amide bonds. The summed E-state index contributed by atoms with van der Waals surface area (Å²) in [6.07, 6.45) is 0.795. The highest BCUT2D eigenvalue weighted by molar-refractivity contribution is 6.30. The largest absolute Gasteiger partial charge is 0.348 e. The molecule has 0 saturated carbocycles. The van der Waals surface area contributed by atoms with Crippen LogP contribution in [0.15, 0.2) is 24.3 Å². The lowest BCUT2D eigenvalue weighted by molar-refractivity contribution is -0.125. The first-order valence-electron chi connectivity index (χ1n) is 6.57. The number of halogens is 1. The van der Waals surface area contributed by atoms with Crippen molar-refractivity contribution in [2.45, 2.75) is 46.2 Å². The Bertz CT molecular complexity index is 440. The smallest absolute Gasteiger partial charge is 0.237 e. The molecule has 3 nitrogen and oxygen atoms in total. The molecule has 1 aromatic carbocycles. The fourth-order valence-electron chi connectivity index (χ4n) is 1.80. The van der Waals surface area contributed by atoms with Crippen molar-refractivity contribution < 1.29 is 4.79 Å². The zero-order valence-electron chi connectivity index (χ0n) is 12.0. The number of nitrogens with one attached hydrogen (secondary N) is 1. The number of amides is 1. The summed E-state index contributed by atoms with van der Waals surface area (Å²) >= 11 is 5.98. The molecule has 19 heavy (non-hydrogen) atoms. The van der Waals surface area contributed by atoms with Gasteiger partial charge in [-0.25, -0.2) is 0 Å². The molecule has 0 aliphatic rings. The molecule has 1 aromatic rings. The normalized spacial score (nSPS) is 14.8. The van der Waals surface area contributed by atoms with Crippen LogP contribution in [-0.2, 0) is 4.79 Å². The van der Waals surface area contributed by atoms with Crippen LogP contribution in [0, 0.1) is 5.41 Å². The third-order valence-corrected chi connectivity index (χ3v) is 3.43. The second-order valence-electron chi connectivity index (χ2n) is 5.87. The van der Waals surface area contributed by atoms with Gasteiger partial charge in [-0.15, -0.1) is 0 Å². The summed E-state index contributed by atoms with van der Waals surface area (Å²) in [6, 6.07) is 6.96. The van der Waals surface area contributed by atoms with E-state index in [1.165, 1.54) is 0 Å². The minimum atomic E-state index is -0.527. The van der Waals surface area contributed by atoms with Crippen LogP contribution < -0.4 is 11.1 Å². The van der Waals surface area contributed by atoms with Gasteiger partial charge in [-0.05, 0) is 29.5 Å². The van der Waals surface area contributed by atoms with Crippen LogP contribution in [0.3, 0.4) is 0 Å². The molecule has 2 atom stereocenters. The number of carbonyl (C=O) groups excluding carboxylic acids is 1. The number of nitrogens with two attached hydrogens (primary N) is 1. The van der Waals surface area contributed by atoms with Gasteiger partial charge in [-0.3, -0.25) is 4.79 Å². The molecular weight excluding hydrogens is 260 g/mol. The van der Waals surface area contributed by atoms with Crippen LogP contribution in [0.2, 0.25) is 5.02 Å². The third kappa shape index (κ3) is 4.51. The maximum absolute atomic E-state index is 12.1. The lowest BCUT2D eigenvalue weighted by Gasteiger charge is -2.28. The van der Waals surface area contributed by atoms with E-state index in [1.807, 2.05) is 52.0 Å². The van der Waals surface area contributed by atoms with Crippen LogP contribution in [0.5, 0.6) is 0 Å². The van der Waals surface area contributed by atoms with Gasteiger partial charge in [0, 0.05) is 5.02 Å². The predicted molar refractivity (Wildman–Crippen MR) is 80.1 cm³/mol. The van der Waals surface area contributed by atoms with E-state index >= 15 is 0 Å². The van der Waals surface area contributed by atoms with E-state index in [4.69, 9.17) is 17.3 Å². The molecule has 4 heteroatoms. The molecule has 0 aliphatic carbocycles. The molecule has 106 valence electrons. The van der Waals surface area contributed by atoms with Crippen molar-refractivity contribution in [1.29, 1.82) is 0 Å². The van der Waals surface area contributed by atoms with E-state index in [2.05, 4.69) is 5.32 Å². The highest BCUT2D eigenvalue weighted by Gasteiger charge is 2.28. The molecular formula is C15H23ClN2O. The average Bonchev–Trinajstić information content (AvgIpc) is 2.33. The quantitative estimate of drug-likeness (QED) is 0.890. The van der Waals surface area contributed by atoms with Gasteiger partial charge in [0.25, 0.3) is 0 Å². The number of benzene rings is 1. The van der Waals surface area contributed by atoms with Gasteiger partial charge in [0.2, 0.25) is 5.91 Å². The number of hydrogen-bond acceptors (Lipinski definition) is 2. The van der Waals surface area contributed by atoms with Crippen molar-refractivity contribution in [2.75, 3.05) is 0 Å². The van der Waals surface area contributed by atoms with Gasteiger partial charge >= 0.3 is 0 Å². The number of rotatable bonds is 4. The average molecular weight is 283 g/mol. The van der Waals surface area contributed by atoms with E-state index in [1.54, 1.807) is 0 Å². The van der Waals surface area contributed by atoms with Crippen LogP contribution in [0.25, 0.3) is 0 Å². The second-order valence-corrected chi connectivity index (χ2v) is 6.30. The first-order valence-corrected chi connectivity index (χ1v) is 6.95. The molecule has 1 unspecified atom stereocenters. The van der Waals surface area contributed by atoms with E-state index < -0.39 is 6.04 Å². The van der Waals surface area contributed by atoms with Crippen LogP contribution in [0.4, 0.5) is 0 Å². The summed E-state index contributed by atoms with van der Waals surface area (Å²) < 4.78 is 0. The fourth-order valence-corrected chi connectivity index (χ4v) is 2.00. The Labute approximate surface area is 120 Å². The Morgan fingerprint density at radius 1 is 1.42 bits per heavy atom. The number of hydrogen-bond donors (Lipinski definition) is 2. The topological polar surface area (TPSA) is 55.1 Å². The minimum Gasteiger partial charge on any atom is -0.348 e. The molecule has 0 aromatic heterocycles. The van der Waals surface area contributed by atoms with E-state index in [-0.39, 0.29) is 17.4 Å². The van der Waals surface area contributed by atoms with Crippen molar-refractivity contribution in [2.24, 2.45) is 11.1 Å². The van der Waals surface area contributed by atoms with E-state index in [0.29, 0.717) is 5.02 Å². The monoisotopic (exact) mass is 282 g/mol. The lowest BCUT2D eigenvalue weighted by atomic mass is 9.86. The van der Waals surface area contributed by atoms with Crippen LogP contribution >= 0.6 is 11.6 Å². The summed E-state index contributed by atoms with van der Waals surface area (Å²) in [6.45, 7) is 7.89. The van der Waals surface area contributed by atoms with Crippen molar-refractivity contribution in [3.63, 3.8) is 0 Å². The maximum atomic E-state index is 12.1. The van der Waals surface area contributed by atoms with Gasteiger partial charge in [-0.2, -0.15) is 0 Å². The molecule has 0 radical (unpaired) electrons. The maximum Gasteiger partial charge on any atom is 0.237 e. The Morgan fingerprint density at radius 3 is 2.53 bits per heavy atom. The van der Waals surface area contributed by atoms with Crippen molar-refractivity contribution >= 4 is 17.5 Å². The van der Waals surface area contributed by atoms with Gasteiger partial charge in [0.1, 0.15) is 0 Å². The Kier molecular flexibility index (Phi) is 5.39. The zero-order valence-corrected chi connectivity index (χ0v) is 12.8. The van der Waals surface area contributed by atoms with Gasteiger partial charge in [0.05, 0.1) is 12.1 Å². The van der Waals surface area contributed by atoms with Crippen molar-refractivity contribution in [3.05, 3.63) is 34.9 Å². The Morgan fingerprint density at radius 2 is 2.05 bits per heavy atom. The molecule has 0 saturated heterocycles. The molecule has 0 heterocycles. The minimum absolute atomic E-state index is 0.0559. The van der Waals surface area contributed by atoms with E-state index in [9.17, 15) is 4.79 Å². The van der Waals surface area contributed by atoms with Crippen LogP contribution in [0.1, 0.15) is 45.7 Å². The highest BCUT2D eigenvalue weighted by atomic mass is 35.5. The summed E-state index contributed by atoms with van der Waals surface area (Å²) in [5.41, 5.74) is 6.72. The standard InChI is InChI=1S/C15H23ClN2O/c1-5-12(10-7-6-8-11(16)9-10)18-14(19)13(17)15(2,3)4/h6-9,12-13H,5,17H2,1-4H3,(H,18,19)/t12?,13-/m1/s1. The predicted octanol–water partition coefficient (Wildman–Crippen LogP) is 3.28. The molecule has 0 aliphatic heterocycles. The molecule has 3 N–H and O–H groups in total. The molecule has 1 rings (SSSR count). The third-order valence-electron chi connectivity index (χ3n) is 3.19.